The maximum absolute atomic E-state index is 13.5. The van der Waals surface area contributed by atoms with Crippen LogP contribution in [-0.2, 0) is 12.6 Å². The summed E-state index contributed by atoms with van der Waals surface area (Å²) in [6.45, 7) is 3.42. The SMILES string of the molecule is N=C(N)NCC1c2[nH]c3ccc(Cl)cc3c2CCN1CC1CNCCN1c1ccc(Cl)c(C(F)(F)F)n1. The molecule has 2 atom stereocenters. The van der Waals surface area contributed by atoms with Gasteiger partial charge in [0.15, 0.2) is 11.7 Å². The molecule has 1 aromatic carbocycles. The molecule has 0 bridgehead atoms. The lowest BCUT2D eigenvalue weighted by atomic mass is 9.96. The van der Waals surface area contributed by atoms with Crippen LogP contribution in [0.15, 0.2) is 30.3 Å². The van der Waals surface area contributed by atoms with E-state index in [1.54, 1.807) is 6.07 Å². The van der Waals surface area contributed by atoms with E-state index in [9.17, 15) is 13.2 Å². The molecule has 0 radical (unpaired) electrons. The van der Waals surface area contributed by atoms with Crippen LogP contribution in [0.1, 0.15) is 23.0 Å². The highest BCUT2D eigenvalue weighted by atomic mass is 35.5. The highest BCUT2D eigenvalue weighted by molar-refractivity contribution is 6.31. The zero-order valence-corrected chi connectivity index (χ0v) is 21.3. The number of guanidine groups is 1. The minimum absolute atomic E-state index is 0.128. The molecule has 13 heteroatoms. The number of hydrogen-bond donors (Lipinski definition) is 5. The molecule has 0 amide bonds. The highest BCUT2D eigenvalue weighted by Gasteiger charge is 2.38. The summed E-state index contributed by atoms with van der Waals surface area (Å²) in [7, 11) is 0. The standard InChI is InChI=1S/C24H27Cl2F3N8/c25-13-1-3-18-16(9-13)15-5-7-36(19(21(15)34-18)11-33-23(30)31)12-14-10-32-6-8-37(14)20-4-2-17(26)22(35-20)24(27,28)29/h1-4,9,14,19,32,34H,5-8,10-12H2,(H4,30,31,33). The zero-order chi connectivity index (χ0) is 26.3. The number of fused-ring (bicyclic) bond motifs is 3. The summed E-state index contributed by atoms with van der Waals surface area (Å²) in [5, 5.41) is 15.3. The van der Waals surface area contributed by atoms with Crippen molar-refractivity contribution in [1.82, 2.24) is 25.5 Å². The van der Waals surface area contributed by atoms with Crippen molar-refractivity contribution in [2.45, 2.75) is 24.7 Å². The Morgan fingerprint density at radius 1 is 1.22 bits per heavy atom. The van der Waals surface area contributed by atoms with Gasteiger partial charge in [-0.1, -0.05) is 23.2 Å². The second kappa shape index (κ2) is 10.2. The molecule has 3 aromatic rings. The second-order valence-corrected chi connectivity index (χ2v) is 10.2. The number of H-pyrrole nitrogens is 1. The Hall–Kier alpha value is -2.73. The van der Waals surface area contributed by atoms with Crippen LogP contribution in [0, 0.1) is 5.41 Å². The first kappa shape index (κ1) is 25.9. The van der Waals surface area contributed by atoms with Crippen molar-refractivity contribution in [3.8, 4) is 0 Å². The van der Waals surface area contributed by atoms with Gasteiger partial charge in [-0.3, -0.25) is 10.3 Å². The Labute approximate surface area is 221 Å². The number of nitrogens with one attached hydrogen (secondary N) is 4. The number of nitrogens with zero attached hydrogens (tertiary/aromatic N) is 3. The van der Waals surface area contributed by atoms with Crippen LogP contribution in [0.2, 0.25) is 10.0 Å². The summed E-state index contributed by atoms with van der Waals surface area (Å²) in [6, 6.07) is 8.28. The summed E-state index contributed by atoms with van der Waals surface area (Å²) < 4.78 is 40.5. The maximum atomic E-state index is 13.5. The van der Waals surface area contributed by atoms with Crippen LogP contribution in [0.3, 0.4) is 0 Å². The molecule has 0 saturated carbocycles. The van der Waals surface area contributed by atoms with Gasteiger partial charge in [-0.05, 0) is 42.3 Å². The van der Waals surface area contributed by atoms with Gasteiger partial charge in [-0.25, -0.2) is 4.98 Å². The van der Waals surface area contributed by atoms with E-state index in [0.29, 0.717) is 37.7 Å². The fourth-order valence-corrected chi connectivity index (χ4v) is 5.72. The number of aromatic amines is 1. The summed E-state index contributed by atoms with van der Waals surface area (Å²) in [4.78, 5) is 11.6. The number of anilines is 1. The third kappa shape index (κ3) is 5.31. The van der Waals surface area contributed by atoms with Gasteiger partial charge in [0.25, 0.3) is 0 Å². The molecule has 198 valence electrons. The molecule has 0 spiro atoms. The van der Waals surface area contributed by atoms with E-state index < -0.39 is 16.9 Å². The molecule has 2 unspecified atom stereocenters. The van der Waals surface area contributed by atoms with Crippen LogP contribution in [-0.4, -0.2) is 66.1 Å². The summed E-state index contributed by atoms with van der Waals surface area (Å²) >= 11 is 12.1. The van der Waals surface area contributed by atoms with Crippen LogP contribution in [0.5, 0.6) is 0 Å². The molecular weight excluding hydrogens is 528 g/mol. The van der Waals surface area contributed by atoms with E-state index in [4.69, 9.17) is 34.3 Å². The van der Waals surface area contributed by atoms with Gasteiger partial charge in [-0.15, -0.1) is 0 Å². The predicted octanol–water partition coefficient (Wildman–Crippen LogP) is 3.75. The molecule has 1 saturated heterocycles. The van der Waals surface area contributed by atoms with E-state index in [0.717, 1.165) is 29.6 Å². The Morgan fingerprint density at radius 2 is 2.03 bits per heavy atom. The topological polar surface area (TPSA) is 109 Å². The van der Waals surface area contributed by atoms with Gasteiger partial charge in [0.1, 0.15) is 5.82 Å². The Bertz CT molecular complexity index is 1310. The van der Waals surface area contributed by atoms with Crippen molar-refractivity contribution in [3.05, 3.63) is 57.3 Å². The summed E-state index contributed by atoms with van der Waals surface area (Å²) in [5.41, 5.74) is 7.72. The van der Waals surface area contributed by atoms with E-state index in [2.05, 4.69) is 25.5 Å². The van der Waals surface area contributed by atoms with Gasteiger partial charge in [0.05, 0.1) is 17.1 Å². The van der Waals surface area contributed by atoms with Gasteiger partial charge in [0, 0.05) is 60.9 Å². The lowest BCUT2D eigenvalue weighted by Crippen LogP contribution is -2.57. The van der Waals surface area contributed by atoms with Crippen molar-refractivity contribution in [1.29, 1.82) is 5.41 Å². The van der Waals surface area contributed by atoms with Crippen molar-refractivity contribution >= 4 is 45.9 Å². The first-order valence-corrected chi connectivity index (χ1v) is 12.7. The molecule has 2 aliphatic heterocycles. The smallest absolute Gasteiger partial charge is 0.370 e. The summed E-state index contributed by atoms with van der Waals surface area (Å²) in [5.74, 6) is 0.122. The first-order chi connectivity index (χ1) is 17.6. The predicted molar refractivity (Wildman–Crippen MR) is 139 cm³/mol. The number of halogens is 5. The number of aromatic nitrogens is 2. The normalized spacial score (nSPS) is 20.7. The lowest BCUT2D eigenvalue weighted by molar-refractivity contribution is -0.141. The monoisotopic (exact) mass is 554 g/mol. The Balaban J connectivity index is 1.45. The fraction of sp³-hybridized carbons (Fsp3) is 0.417. The molecule has 37 heavy (non-hydrogen) atoms. The van der Waals surface area contributed by atoms with E-state index in [-0.39, 0.29) is 23.9 Å². The Kier molecular flexibility index (Phi) is 7.14. The average molecular weight is 555 g/mol. The average Bonchev–Trinajstić information content (AvgIpc) is 3.21. The minimum Gasteiger partial charge on any atom is -0.370 e. The van der Waals surface area contributed by atoms with E-state index in [1.807, 2.05) is 23.1 Å². The van der Waals surface area contributed by atoms with Crippen molar-refractivity contribution < 1.29 is 13.2 Å². The third-order valence-electron chi connectivity index (χ3n) is 7.00. The quantitative estimate of drug-likeness (QED) is 0.243. The lowest BCUT2D eigenvalue weighted by Gasteiger charge is -2.43. The van der Waals surface area contributed by atoms with Gasteiger partial charge < -0.3 is 26.3 Å². The van der Waals surface area contributed by atoms with Crippen molar-refractivity contribution in [3.63, 3.8) is 0 Å². The summed E-state index contributed by atoms with van der Waals surface area (Å²) in [6.07, 6.45) is -3.86. The molecule has 6 N–H and O–H groups in total. The highest BCUT2D eigenvalue weighted by Crippen LogP contribution is 2.37. The molecule has 0 aliphatic carbocycles. The molecule has 8 nitrogen and oxygen atoms in total. The number of alkyl halides is 3. The second-order valence-electron chi connectivity index (χ2n) is 9.31. The molecule has 5 rings (SSSR count). The number of rotatable bonds is 5. The van der Waals surface area contributed by atoms with Crippen LogP contribution >= 0.6 is 23.2 Å². The van der Waals surface area contributed by atoms with Crippen molar-refractivity contribution in [2.75, 3.05) is 44.2 Å². The molecule has 2 aromatic heterocycles. The number of nitrogens with two attached hydrogens (primary N) is 1. The largest absolute Gasteiger partial charge is 0.434 e. The Morgan fingerprint density at radius 3 is 2.78 bits per heavy atom. The maximum Gasteiger partial charge on any atom is 0.434 e. The molecule has 2 aliphatic rings. The fourth-order valence-electron chi connectivity index (χ4n) is 5.33. The van der Waals surface area contributed by atoms with Gasteiger partial charge in [0.2, 0.25) is 0 Å². The molecule has 4 heterocycles. The third-order valence-corrected chi connectivity index (χ3v) is 7.54. The van der Waals surface area contributed by atoms with Crippen LogP contribution in [0.4, 0.5) is 19.0 Å². The molecular formula is C24H27Cl2F3N8. The van der Waals surface area contributed by atoms with E-state index in [1.165, 1.54) is 11.6 Å². The van der Waals surface area contributed by atoms with Gasteiger partial charge in [-0.2, -0.15) is 13.2 Å². The zero-order valence-electron chi connectivity index (χ0n) is 19.8. The first-order valence-electron chi connectivity index (χ1n) is 11.9. The number of hydrogen-bond acceptors (Lipinski definition) is 5. The number of piperazine rings is 1. The van der Waals surface area contributed by atoms with E-state index >= 15 is 0 Å². The van der Waals surface area contributed by atoms with Crippen LogP contribution in [0.25, 0.3) is 10.9 Å². The van der Waals surface area contributed by atoms with Crippen LogP contribution < -0.4 is 21.3 Å². The number of pyridine rings is 1. The number of benzene rings is 1. The van der Waals surface area contributed by atoms with Gasteiger partial charge >= 0.3 is 6.18 Å². The van der Waals surface area contributed by atoms with Crippen molar-refractivity contribution in [2.24, 2.45) is 5.73 Å². The molecule has 1 fully saturated rings. The minimum atomic E-state index is -4.64.